The smallest absolute Gasteiger partial charge is 0.0616 e. The Bertz CT molecular complexity index is 4430. The van der Waals surface area contributed by atoms with Crippen LogP contribution in [-0.4, -0.2) is 0 Å². The molecule has 0 atom stereocenters. The molecule has 0 aliphatic rings. The molecule has 0 fully saturated rings. The van der Waals surface area contributed by atoms with Crippen LogP contribution in [0.4, 0.5) is 0 Å². The predicted octanol–water partition coefficient (Wildman–Crippen LogP) is 13.6. The van der Waals surface area contributed by atoms with Crippen molar-refractivity contribution in [3.8, 4) is 33.4 Å². The summed E-state index contributed by atoms with van der Waals surface area (Å²) in [6.07, 6.45) is 0. The van der Waals surface area contributed by atoms with E-state index in [1.165, 1.54) is 0 Å². The molecule has 0 heteroatoms. The van der Waals surface area contributed by atoms with Crippen LogP contribution in [0.25, 0.3) is 98.0 Å². The second-order valence-electron chi connectivity index (χ2n) is 10.5. The van der Waals surface area contributed by atoms with E-state index in [9.17, 15) is 15.1 Å². The van der Waals surface area contributed by atoms with Gasteiger partial charge in [-0.15, -0.1) is 0 Å². The summed E-state index contributed by atoms with van der Waals surface area (Å²) in [5, 5.41) is -9.28. The van der Waals surface area contributed by atoms with Crippen LogP contribution in [0.2, 0.25) is 0 Å². The summed E-state index contributed by atoms with van der Waals surface area (Å²) in [5.41, 5.74) is -4.83. The zero-order valence-corrected chi connectivity index (χ0v) is 24.0. The number of hydrogen-bond acceptors (Lipinski definition) is 0. The van der Waals surface area contributed by atoms with E-state index in [1.807, 2.05) is 0 Å². The molecule has 0 amide bonds. The minimum Gasteiger partial charge on any atom is -0.0616 e. The molecular weight excluding hydrogens is 577 g/mol. The van der Waals surface area contributed by atoms with Gasteiger partial charge in [0, 0.05) is 0 Å². The topological polar surface area (TPSA) is 0 Å². The normalized spacial score (nSPS) is 20.5. The molecule has 0 saturated carbocycles. The van der Waals surface area contributed by atoms with E-state index in [4.69, 9.17) is 26.0 Å². The monoisotopic (exact) mass is 636 g/mol. The molecule has 0 aromatic heterocycles. The third-order valence-corrected chi connectivity index (χ3v) is 8.06. The molecule has 48 heavy (non-hydrogen) atoms. The van der Waals surface area contributed by atoms with Crippen molar-refractivity contribution in [1.82, 2.24) is 0 Å². The van der Waals surface area contributed by atoms with E-state index in [0.29, 0.717) is 0 Å². The third-order valence-electron chi connectivity index (χ3n) is 8.06. The molecule has 10 aromatic carbocycles. The largest absolute Gasteiger partial charge is 0.0636 e. The van der Waals surface area contributed by atoms with Crippen LogP contribution in [0.5, 0.6) is 0 Å². The second-order valence-corrected chi connectivity index (χ2v) is 10.5. The quantitative estimate of drug-likeness (QED) is 0.169. The van der Waals surface area contributed by atoms with E-state index in [-0.39, 0.29) is 0 Å². The van der Waals surface area contributed by atoms with E-state index in [1.54, 1.807) is 0 Å². The lowest BCUT2D eigenvalue weighted by Gasteiger charge is -2.22. The van der Waals surface area contributed by atoms with E-state index in [0.717, 1.165) is 0 Å². The fourth-order valence-electron chi connectivity index (χ4n) is 6.16. The van der Waals surface area contributed by atoms with Gasteiger partial charge in [0.2, 0.25) is 0 Å². The number of rotatable bonds is 3. The maximum Gasteiger partial charge on any atom is 0.0636 e. The first kappa shape index (κ1) is 10.6. The number of fused-ring (bicyclic) bond motifs is 6. The molecule has 10 aromatic rings. The van der Waals surface area contributed by atoms with Gasteiger partial charge in [-0.3, -0.25) is 0 Å². The standard InChI is InChI=1S/C48H30/c1-2-16-33-30-34(29-28-31(33)14-1)45-37-19-5-9-23-41(37)47(42-24-10-6-20-38(42)45)48-43-25-11-7-21-39(43)46(40-22-8-12-26-44(40)48)36-27-13-17-32-15-3-4-18-35(32)36/h1-30H/i1D,2D,3D,4D,5D,6D,7D,8D,9D,10D,11D,12D,13D,14D,15D,16D,17D,18D,19D,20D,21D,22D,23D,24D,25D,26D,27D,28D,29D,30D. The Morgan fingerprint density at radius 3 is 1.15 bits per heavy atom. The first-order chi connectivity index (χ1) is 36.3. The van der Waals surface area contributed by atoms with Crippen molar-refractivity contribution >= 4 is 64.6 Å². The van der Waals surface area contributed by atoms with Gasteiger partial charge in [-0.25, -0.2) is 0 Å². The zero-order chi connectivity index (χ0) is 57.7. The highest BCUT2D eigenvalue weighted by atomic mass is 14.2. The second kappa shape index (κ2) is 10.7. The maximum absolute atomic E-state index is 9.71. The number of benzene rings is 10. The molecule has 10 rings (SSSR count). The zero-order valence-electron chi connectivity index (χ0n) is 54.0. The maximum atomic E-state index is 9.71. The van der Waals surface area contributed by atoms with Crippen molar-refractivity contribution in [2.45, 2.75) is 0 Å². The van der Waals surface area contributed by atoms with Crippen LogP contribution in [0.1, 0.15) is 41.1 Å². The Morgan fingerprint density at radius 1 is 0.250 bits per heavy atom. The highest BCUT2D eigenvalue weighted by Gasteiger charge is 2.22. The molecule has 222 valence electrons. The van der Waals surface area contributed by atoms with Crippen LogP contribution >= 0.6 is 0 Å². The van der Waals surface area contributed by atoms with Crippen LogP contribution < -0.4 is 0 Å². The summed E-state index contributed by atoms with van der Waals surface area (Å²) < 4.78 is 274. The molecule has 0 aliphatic carbocycles. The number of hydrogen-bond donors (Lipinski definition) is 0. The summed E-state index contributed by atoms with van der Waals surface area (Å²) in [4.78, 5) is 0. The fraction of sp³-hybridized carbons (Fsp3) is 0. The fourth-order valence-corrected chi connectivity index (χ4v) is 6.16. The van der Waals surface area contributed by atoms with Gasteiger partial charge in [0.25, 0.3) is 0 Å². The average molecular weight is 637 g/mol. The predicted molar refractivity (Wildman–Crippen MR) is 208 cm³/mol. The summed E-state index contributed by atoms with van der Waals surface area (Å²) in [7, 11) is 0. The third kappa shape index (κ3) is 3.96. The summed E-state index contributed by atoms with van der Waals surface area (Å²) >= 11 is 0. The summed E-state index contributed by atoms with van der Waals surface area (Å²) in [5.74, 6) is 0. The summed E-state index contributed by atoms with van der Waals surface area (Å²) in [6.45, 7) is 0. The van der Waals surface area contributed by atoms with E-state index >= 15 is 0 Å². The molecule has 0 aliphatic heterocycles. The van der Waals surface area contributed by atoms with Gasteiger partial charge < -0.3 is 0 Å². The van der Waals surface area contributed by atoms with Gasteiger partial charge in [-0.2, -0.15) is 0 Å². The van der Waals surface area contributed by atoms with Gasteiger partial charge in [-0.05, 0) is 104 Å². The van der Waals surface area contributed by atoms with Crippen molar-refractivity contribution in [3.63, 3.8) is 0 Å². The van der Waals surface area contributed by atoms with Crippen LogP contribution in [0.3, 0.4) is 0 Å². The van der Waals surface area contributed by atoms with Gasteiger partial charge >= 0.3 is 0 Å². The van der Waals surface area contributed by atoms with Gasteiger partial charge in [0.1, 0.15) is 0 Å². The highest BCUT2D eigenvalue weighted by Crippen LogP contribution is 2.50. The molecule has 0 heterocycles. The first-order valence-corrected chi connectivity index (χ1v) is 14.2. The lowest BCUT2D eigenvalue weighted by Crippen LogP contribution is -1.95. The van der Waals surface area contributed by atoms with Crippen molar-refractivity contribution < 1.29 is 41.1 Å². The lowest BCUT2D eigenvalue weighted by molar-refractivity contribution is 1.68. The van der Waals surface area contributed by atoms with Crippen molar-refractivity contribution in [3.05, 3.63) is 181 Å². The van der Waals surface area contributed by atoms with Crippen molar-refractivity contribution in [2.75, 3.05) is 0 Å². The van der Waals surface area contributed by atoms with E-state index in [2.05, 4.69) is 0 Å². The lowest BCUT2D eigenvalue weighted by atomic mass is 9.80. The highest BCUT2D eigenvalue weighted by molar-refractivity contribution is 6.30. The molecule has 0 radical (unpaired) electrons. The van der Waals surface area contributed by atoms with Gasteiger partial charge in [-0.1, -0.05) is 175 Å². The Hall–Kier alpha value is -6.24. The minimum absolute atomic E-state index is 0.621. The summed E-state index contributed by atoms with van der Waals surface area (Å²) in [6, 6.07) is -30.1. The Morgan fingerprint density at radius 2 is 0.625 bits per heavy atom. The van der Waals surface area contributed by atoms with Crippen molar-refractivity contribution in [1.29, 1.82) is 0 Å². The molecule has 0 unspecified atom stereocenters. The molecule has 0 bridgehead atoms. The molecule has 0 spiro atoms. The Labute approximate surface area is 321 Å². The van der Waals surface area contributed by atoms with E-state index < -0.39 is 279 Å². The van der Waals surface area contributed by atoms with Gasteiger partial charge in [0.05, 0.1) is 41.1 Å². The molecule has 0 nitrogen and oxygen atoms in total. The molecule has 0 saturated heterocycles. The van der Waals surface area contributed by atoms with Crippen LogP contribution in [-0.2, 0) is 0 Å². The minimum atomic E-state index is -1.09. The van der Waals surface area contributed by atoms with Crippen LogP contribution in [0, 0.1) is 0 Å². The molecule has 0 N–H and O–H groups in total. The average Bonchev–Trinajstić information content (AvgIpc) is 3.44. The Kier molecular flexibility index (Phi) is 2.36. The SMILES string of the molecule is [2H]c1c([2H])c([2H])c2c([2H])c(-c3c4c([2H])c([2H])c([2H])c([2H])c4c(-c4c5c([2H])c([2H])c([2H])c([2H])c5c(-c5c([2H])c([2H])c([2H])c6c([2H])c([2H])c([2H])c([2H])c56)c5c([2H])c([2H])c([2H])c([2H])c45)c4c([2H])c([2H])c([2H])c([2H])c34)c([2H])c([2H])c2c1[2H]. The first-order valence-electron chi connectivity index (χ1n) is 29.2. The Balaban J connectivity index is 1.65. The van der Waals surface area contributed by atoms with Crippen molar-refractivity contribution in [2.24, 2.45) is 0 Å². The van der Waals surface area contributed by atoms with Crippen LogP contribution in [0.15, 0.2) is 181 Å². The van der Waals surface area contributed by atoms with Gasteiger partial charge in [0.15, 0.2) is 0 Å². The molecular formula is C48H30.